The fourth-order valence-corrected chi connectivity index (χ4v) is 2.65. The summed E-state index contributed by atoms with van der Waals surface area (Å²) < 4.78 is 0. The van der Waals surface area contributed by atoms with Crippen LogP contribution in [-0.4, -0.2) is 37.1 Å². The highest BCUT2D eigenvalue weighted by atomic mass is 15.1. The van der Waals surface area contributed by atoms with Crippen LogP contribution in [0.5, 0.6) is 0 Å². The number of piperidine rings is 1. The number of hydrogen-bond acceptors (Lipinski definition) is 2. The van der Waals surface area contributed by atoms with Crippen molar-refractivity contribution < 1.29 is 0 Å². The first-order valence-corrected chi connectivity index (χ1v) is 7.53. The Balaban J connectivity index is 2.03. The number of nitrogens with one attached hydrogen (secondary N) is 1. The highest BCUT2D eigenvalue weighted by molar-refractivity contribution is 4.77. The van der Waals surface area contributed by atoms with Crippen molar-refractivity contribution in [2.75, 3.05) is 26.2 Å². The second-order valence-corrected chi connectivity index (χ2v) is 6.46. The standard InChI is InChI=1S/C15H32N2/c1-13(2)6-5-9-16-15-7-10-17(11-8-15)12-14(3)4/h13-16H,5-12H2,1-4H3. The van der Waals surface area contributed by atoms with Crippen LogP contribution < -0.4 is 5.32 Å². The van der Waals surface area contributed by atoms with Crippen LogP contribution in [0, 0.1) is 11.8 Å². The van der Waals surface area contributed by atoms with Gasteiger partial charge in [-0.15, -0.1) is 0 Å². The van der Waals surface area contributed by atoms with Crippen molar-refractivity contribution in [1.82, 2.24) is 10.2 Å². The van der Waals surface area contributed by atoms with E-state index >= 15 is 0 Å². The smallest absolute Gasteiger partial charge is 0.00914 e. The van der Waals surface area contributed by atoms with E-state index in [0.717, 1.165) is 17.9 Å². The minimum Gasteiger partial charge on any atom is -0.314 e. The Kier molecular flexibility index (Phi) is 7.14. The molecule has 102 valence electrons. The maximum absolute atomic E-state index is 3.72. The van der Waals surface area contributed by atoms with Gasteiger partial charge in [0.2, 0.25) is 0 Å². The van der Waals surface area contributed by atoms with Gasteiger partial charge in [0.15, 0.2) is 0 Å². The van der Waals surface area contributed by atoms with Gasteiger partial charge in [-0.1, -0.05) is 27.7 Å². The van der Waals surface area contributed by atoms with E-state index in [9.17, 15) is 0 Å². The molecule has 0 aromatic heterocycles. The molecular formula is C15H32N2. The molecule has 0 aromatic carbocycles. The van der Waals surface area contributed by atoms with Crippen LogP contribution in [0.4, 0.5) is 0 Å². The quantitative estimate of drug-likeness (QED) is 0.688. The van der Waals surface area contributed by atoms with Gasteiger partial charge in [0.25, 0.3) is 0 Å². The molecule has 0 aliphatic carbocycles. The molecule has 0 unspecified atom stereocenters. The SMILES string of the molecule is CC(C)CCCNC1CCN(CC(C)C)CC1. The first kappa shape index (κ1) is 15.0. The highest BCUT2D eigenvalue weighted by Crippen LogP contribution is 2.12. The van der Waals surface area contributed by atoms with Gasteiger partial charge >= 0.3 is 0 Å². The van der Waals surface area contributed by atoms with Crippen LogP contribution in [0.25, 0.3) is 0 Å². The average molecular weight is 240 g/mol. The Bertz CT molecular complexity index is 179. The molecule has 0 radical (unpaired) electrons. The molecule has 17 heavy (non-hydrogen) atoms. The molecule has 1 fully saturated rings. The molecule has 1 aliphatic rings. The van der Waals surface area contributed by atoms with Gasteiger partial charge in [0.1, 0.15) is 0 Å². The summed E-state index contributed by atoms with van der Waals surface area (Å²) in [4.78, 5) is 2.62. The van der Waals surface area contributed by atoms with Crippen LogP contribution in [-0.2, 0) is 0 Å². The summed E-state index contributed by atoms with van der Waals surface area (Å²) in [5.41, 5.74) is 0. The Morgan fingerprint density at radius 1 is 1.06 bits per heavy atom. The van der Waals surface area contributed by atoms with E-state index in [1.807, 2.05) is 0 Å². The normalized spacial score (nSPS) is 19.4. The predicted molar refractivity (Wildman–Crippen MR) is 76.4 cm³/mol. The number of nitrogens with zero attached hydrogens (tertiary/aromatic N) is 1. The van der Waals surface area contributed by atoms with Gasteiger partial charge in [-0.2, -0.15) is 0 Å². The number of likely N-dealkylation sites (tertiary alicyclic amines) is 1. The minimum absolute atomic E-state index is 0.783. The summed E-state index contributed by atoms with van der Waals surface area (Å²) >= 11 is 0. The molecule has 0 bridgehead atoms. The summed E-state index contributed by atoms with van der Waals surface area (Å²) in [6.07, 6.45) is 5.38. The number of hydrogen-bond donors (Lipinski definition) is 1. The lowest BCUT2D eigenvalue weighted by atomic mass is 10.0. The maximum Gasteiger partial charge on any atom is 0.00914 e. The fourth-order valence-electron chi connectivity index (χ4n) is 2.65. The van der Waals surface area contributed by atoms with E-state index in [1.54, 1.807) is 0 Å². The van der Waals surface area contributed by atoms with Crippen molar-refractivity contribution in [3.05, 3.63) is 0 Å². The summed E-state index contributed by atoms with van der Waals surface area (Å²) in [5.74, 6) is 1.66. The van der Waals surface area contributed by atoms with Crippen LogP contribution in [0.3, 0.4) is 0 Å². The first-order valence-electron chi connectivity index (χ1n) is 7.53. The van der Waals surface area contributed by atoms with E-state index in [2.05, 4.69) is 37.9 Å². The van der Waals surface area contributed by atoms with Crippen molar-refractivity contribution >= 4 is 0 Å². The van der Waals surface area contributed by atoms with Crippen LogP contribution in [0.1, 0.15) is 53.4 Å². The van der Waals surface area contributed by atoms with E-state index < -0.39 is 0 Å². The average Bonchev–Trinajstić information content (AvgIpc) is 2.25. The maximum atomic E-state index is 3.72. The van der Waals surface area contributed by atoms with Crippen molar-refractivity contribution in [3.8, 4) is 0 Å². The topological polar surface area (TPSA) is 15.3 Å². The zero-order chi connectivity index (χ0) is 12.7. The predicted octanol–water partition coefficient (Wildman–Crippen LogP) is 3.13. The molecule has 1 heterocycles. The zero-order valence-electron chi connectivity index (χ0n) is 12.3. The van der Waals surface area contributed by atoms with Gasteiger partial charge in [-0.3, -0.25) is 0 Å². The third kappa shape index (κ3) is 7.05. The molecule has 0 amide bonds. The second-order valence-electron chi connectivity index (χ2n) is 6.46. The third-order valence-electron chi connectivity index (χ3n) is 3.60. The molecular weight excluding hydrogens is 208 g/mol. The minimum atomic E-state index is 0.783. The molecule has 0 aromatic rings. The van der Waals surface area contributed by atoms with E-state index in [1.165, 1.54) is 51.9 Å². The van der Waals surface area contributed by atoms with Crippen molar-refractivity contribution in [1.29, 1.82) is 0 Å². The van der Waals surface area contributed by atoms with Crippen LogP contribution in [0.2, 0.25) is 0 Å². The van der Waals surface area contributed by atoms with Crippen LogP contribution >= 0.6 is 0 Å². The third-order valence-corrected chi connectivity index (χ3v) is 3.60. The van der Waals surface area contributed by atoms with E-state index in [-0.39, 0.29) is 0 Å². The van der Waals surface area contributed by atoms with Crippen LogP contribution in [0.15, 0.2) is 0 Å². The lowest BCUT2D eigenvalue weighted by molar-refractivity contribution is 0.180. The molecule has 2 nitrogen and oxygen atoms in total. The van der Waals surface area contributed by atoms with E-state index in [0.29, 0.717) is 0 Å². The molecule has 1 saturated heterocycles. The first-order chi connectivity index (χ1) is 8.08. The number of rotatable bonds is 7. The van der Waals surface area contributed by atoms with Gasteiger partial charge in [0, 0.05) is 12.6 Å². The van der Waals surface area contributed by atoms with Gasteiger partial charge in [0.05, 0.1) is 0 Å². The Morgan fingerprint density at radius 2 is 1.71 bits per heavy atom. The van der Waals surface area contributed by atoms with Gasteiger partial charge in [-0.25, -0.2) is 0 Å². The molecule has 2 heteroatoms. The lowest BCUT2D eigenvalue weighted by Gasteiger charge is -2.33. The molecule has 0 spiro atoms. The molecule has 1 rings (SSSR count). The fraction of sp³-hybridized carbons (Fsp3) is 1.00. The highest BCUT2D eigenvalue weighted by Gasteiger charge is 2.18. The molecule has 1 N–H and O–H groups in total. The summed E-state index contributed by atoms with van der Waals surface area (Å²) in [6.45, 7) is 14.3. The summed E-state index contributed by atoms with van der Waals surface area (Å²) in [6, 6.07) is 0.783. The Hall–Kier alpha value is -0.0800. The molecule has 0 atom stereocenters. The molecule has 0 saturated carbocycles. The van der Waals surface area contributed by atoms with Gasteiger partial charge in [-0.05, 0) is 57.2 Å². The Labute approximate surface area is 108 Å². The van der Waals surface area contributed by atoms with Gasteiger partial charge < -0.3 is 10.2 Å². The monoisotopic (exact) mass is 240 g/mol. The largest absolute Gasteiger partial charge is 0.314 e. The van der Waals surface area contributed by atoms with Crippen molar-refractivity contribution in [2.45, 2.75) is 59.4 Å². The van der Waals surface area contributed by atoms with Crippen molar-refractivity contribution in [3.63, 3.8) is 0 Å². The summed E-state index contributed by atoms with van der Waals surface area (Å²) in [7, 11) is 0. The summed E-state index contributed by atoms with van der Waals surface area (Å²) in [5, 5.41) is 3.72. The Morgan fingerprint density at radius 3 is 2.24 bits per heavy atom. The van der Waals surface area contributed by atoms with Crippen molar-refractivity contribution in [2.24, 2.45) is 11.8 Å². The lowest BCUT2D eigenvalue weighted by Crippen LogP contribution is -2.43. The second kappa shape index (κ2) is 8.10. The zero-order valence-corrected chi connectivity index (χ0v) is 12.3. The molecule has 1 aliphatic heterocycles. The van der Waals surface area contributed by atoms with E-state index in [4.69, 9.17) is 0 Å².